The van der Waals surface area contributed by atoms with Crippen LogP contribution in [-0.4, -0.2) is 6.61 Å². The van der Waals surface area contributed by atoms with E-state index in [4.69, 9.17) is 0 Å². The minimum Gasteiger partial charge on any atom is -0.790 e. The third-order valence-electron chi connectivity index (χ3n) is 2.25. The number of phosphoric ester groups is 1. The SMILES string of the molecule is CCCCCCCCCCOP(=O)([O-])[O-].[K+]. The van der Waals surface area contributed by atoms with Crippen molar-refractivity contribution >= 4 is 7.82 Å². The molecule has 0 aromatic rings. The second-order valence-electron chi connectivity index (χ2n) is 3.76. The Balaban J connectivity index is 0. The van der Waals surface area contributed by atoms with Crippen molar-refractivity contribution in [3.8, 4) is 0 Å². The predicted molar refractivity (Wildman–Crippen MR) is 56.2 cm³/mol. The van der Waals surface area contributed by atoms with Crippen LogP contribution in [0.5, 0.6) is 0 Å². The normalized spacial score (nSPS) is 11.2. The van der Waals surface area contributed by atoms with Crippen molar-refractivity contribution in [1.29, 1.82) is 0 Å². The topological polar surface area (TPSA) is 72.4 Å². The standard InChI is InChI=1S/C10H23O4P.K/c1-2-3-4-5-6-7-8-9-10-14-15(11,12)13;/h2-10H2,1H3,(H2,11,12,13);/q;+1/p-2. The third-order valence-corrected chi connectivity index (χ3v) is 2.75. The Morgan fingerprint density at radius 2 is 1.38 bits per heavy atom. The van der Waals surface area contributed by atoms with Crippen molar-refractivity contribution in [3.63, 3.8) is 0 Å². The molecule has 0 aromatic heterocycles. The summed E-state index contributed by atoms with van der Waals surface area (Å²) in [5, 5.41) is 0. The molecule has 6 heteroatoms. The van der Waals surface area contributed by atoms with Gasteiger partial charge in [0.25, 0.3) is 0 Å². The maximum Gasteiger partial charge on any atom is 1.00 e. The van der Waals surface area contributed by atoms with Gasteiger partial charge in [-0.15, -0.1) is 0 Å². The zero-order valence-electron chi connectivity index (χ0n) is 10.4. The van der Waals surface area contributed by atoms with E-state index in [1.54, 1.807) is 0 Å². The first-order chi connectivity index (χ1) is 7.06. The summed E-state index contributed by atoms with van der Waals surface area (Å²) < 4.78 is 14.2. The molecule has 0 aromatic carbocycles. The molecule has 0 saturated heterocycles. The van der Waals surface area contributed by atoms with Crippen LogP contribution in [0.2, 0.25) is 0 Å². The van der Waals surface area contributed by atoms with Crippen molar-refractivity contribution in [2.75, 3.05) is 6.61 Å². The van der Waals surface area contributed by atoms with Crippen LogP contribution in [0.4, 0.5) is 0 Å². The van der Waals surface area contributed by atoms with Crippen LogP contribution in [-0.2, 0) is 9.09 Å². The smallest absolute Gasteiger partial charge is 0.790 e. The number of hydrogen-bond donors (Lipinski definition) is 0. The van der Waals surface area contributed by atoms with Gasteiger partial charge in [0.1, 0.15) is 0 Å². The monoisotopic (exact) mass is 275 g/mol. The number of phosphoric acid groups is 1. The average Bonchev–Trinajstić information content (AvgIpc) is 2.14. The minimum absolute atomic E-state index is 0. The Hall–Kier alpha value is 1.75. The quantitative estimate of drug-likeness (QED) is 0.290. The maximum atomic E-state index is 10.1. The molecule has 0 N–H and O–H groups in total. The summed E-state index contributed by atoms with van der Waals surface area (Å²) in [6, 6.07) is 0. The fraction of sp³-hybridized carbons (Fsp3) is 1.00. The summed E-state index contributed by atoms with van der Waals surface area (Å²) in [5.74, 6) is 0. The summed E-state index contributed by atoms with van der Waals surface area (Å²) in [4.78, 5) is 20.2. The Bertz CT molecular complexity index is 184. The molecule has 0 aliphatic carbocycles. The first-order valence-electron chi connectivity index (χ1n) is 5.73. The first-order valence-corrected chi connectivity index (χ1v) is 7.19. The van der Waals surface area contributed by atoms with Gasteiger partial charge in [-0.2, -0.15) is 0 Å². The van der Waals surface area contributed by atoms with Crippen LogP contribution in [0.1, 0.15) is 58.3 Å². The molecule has 0 saturated carbocycles. The van der Waals surface area contributed by atoms with Gasteiger partial charge in [-0.1, -0.05) is 51.9 Å². The van der Waals surface area contributed by atoms with E-state index in [0.29, 0.717) is 6.42 Å². The van der Waals surface area contributed by atoms with Crippen LogP contribution in [0, 0.1) is 0 Å². The zero-order chi connectivity index (χ0) is 11.6. The predicted octanol–water partition coefficient (Wildman–Crippen LogP) is -1.02. The molecule has 0 atom stereocenters. The van der Waals surface area contributed by atoms with Crippen molar-refractivity contribution < 1.29 is 70.3 Å². The van der Waals surface area contributed by atoms with Crippen LogP contribution in [0.15, 0.2) is 0 Å². The molecule has 4 nitrogen and oxygen atoms in total. The molecule has 0 bridgehead atoms. The average molecular weight is 275 g/mol. The molecular formula is C10H21KO4P-. The van der Waals surface area contributed by atoms with E-state index >= 15 is 0 Å². The van der Waals surface area contributed by atoms with E-state index in [2.05, 4.69) is 11.4 Å². The van der Waals surface area contributed by atoms with E-state index in [0.717, 1.165) is 12.8 Å². The zero-order valence-corrected chi connectivity index (χ0v) is 14.5. The van der Waals surface area contributed by atoms with Crippen LogP contribution >= 0.6 is 7.82 Å². The van der Waals surface area contributed by atoms with Gasteiger partial charge in [-0.3, -0.25) is 0 Å². The molecule has 0 aliphatic rings. The van der Waals surface area contributed by atoms with Gasteiger partial charge >= 0.3 is 51.4 Å². The van der Waals surface area contributed by atoms with E-state index in [1.165, 1.54) is 32.1 Å². The first kappa shape index (κ1) is 20.1. The van der Waals surface area contributed by atoms with Crippen LogP contribution in [0.3, 0.4) is 0 Å². The fourth-order valence-corrected chi connectivity index (χ4v) is 1.77. The molecule has 16 heavy (non-hydrogen) atoms. The molecule has 0 rings (SSSR count). The largest absolute Gasteiger partial charge is 1.00 e. The van der Waals surface area contributed by atoms with E-state index in [9.17, 15) is 14.4 Å². The Labute approximate surface area is 141 Å². The second kappa shape index (κ2) is 13.2. The molecule has 0 unspecified atom stereocenters. The Morgan fingerprint density at radius 3 is 1.81 bits per heavy atom. The van der Waals surface area contributed by atoms with E-state index < -0.39 is 7.82 Å². The van der Waals surface area contributed by atoms with Crippen molar-refractivity contribution in [3.05, 3.63) is 0 Å². The molecule has 0 spiro atoms. The van der Waals surface area contributed by atoms with Crippen LogP contribution in [0.25, 0.3) is 0 Å². The summed E-state index contributed by atoms with van der Waals surface area (Å²) in [7, 11) is -4.74. The molecular weight excluding hydrogens is 254 g/mol. The van der Waals surface area contributed by atoms with Crippen molar-refractivity contribution in [2.45, 2.75) is 58.3 Å². The number of unbranched alkanes of at least 4 members (excludes halogenated alkanes) is 7. The number of hydrogen-bond acceptors (Lipinski definition) is 4. The molecule has 0 fully saturated rings. The van der Waals surface area contributed by atoms with Gasteiger partial charge in [0.2, 0.25) is 0 Å². The molecule has 0 aliphatic heterocycles. The van der Waals surface area contributed by atoms with Gasteiger partial charge in [0, 0.05) is 0 Å². The molecule has 92 valence electrons. The molecule has 0 radical (unpaired) electrons. The van der Waals surface area contributed by atoms with Crippen LogP contribution < -0.4 is 61.2 Å². The van der Waals surface area contributed by atoms with E-state index in [1.807, 2.05) is 0 Å². The van der Waals surface area contributed by atoms with Gasteiger partial charge in [-0.25, -0.2) is 0 Å². The van der Waals surface area contributed by atoms with Gasteiger partial charge < -0.3 is 18.9 Å². The van der Waals surface area contributed by atoms with Gasteiger partial charge in [-0.05, 0) is 6.42 Å². The third kappa shape index (κ3) is 18.1. The fourth-order valence-electron chi connectivity index (χ4n) is 1.41. The van der Waals surface area contributed by atoms with Gasteiger partial charge in [0.15, 0.2) is 0 Å². The van der Waals surface area contributed by atoms with Crippen molar-refractivity contribution in [1.82, 2.24) is 0 Å². The molecule has 0 heterocycles. The number of rotatable bonds is 10. The second-order valence-corrected chi connectivity index (χ2v) is 4.91. The summed E-state index contributed by atoms with van der Waals surface area (Å²) >= 11 is 0. The Kier molecular flexibility index (Phi) is 16.5. The summed E-state index contributed by atoms with van der Waals surface area (Å²) in [6.07, 6.45) is 8.93. The van der Waals surface area contributed by atoms with Gasteiger partial charge in [0.05, 0.1) is 14.4 Å². The maximum absolute atomic E-state index is 10.1. The summed E-state index contributed by atoms with van der Waals surface area (Å²) in [5.41, 5.74) is 0. The van der Waals surface area contributed by atoms with Crippen molar-refractivity contribution in [2.24, 2.45) is 0 Å². The minimum atomic E-state index is -4.74. The van der Waals surface area contributed by atoms with E-state index in [-0.39, 0.29) is 58.0 Å². The summed E-state index contributed by atoms with van der Waals surface area (Å²) in [6.45, 7) is 2.22. The Morgan fingerprint density at radius 1 is 0.938 bits per heavy atom. The molecule has 0 amide bonds.